The number of hydrogen-bond acceptors (Lipinski definition) is 6. The van der Waals surface area contributed by atoms with E-state index in [-0.39, 0.29) is 11.5 Å². The molecule has 0 bridgehead atoms. The zero-order valence-electron chi connectivity index (χ0n) is 15.7. The fraction of sp³-hybridized carbons (Fsp3) is 0.211. The van der Waals surface area contributed by atoms with Crippen LogP contribution in [0, 0.1) is 6.92 Å². The van der Waals surface area contributed by atoms with E-state index in [1.807, 2.05) is 31.2 Å². The molecule has 1 aromatic heterocycles. The molecule has 0 saturated heterocycles. The summed E-state index contributed by atoms with van der Waals surface area (Å²) in [5.74, 6) is 0.462. The van der Waals surface area contributed by atoms with Gasteiger partial charge in [-0.2, -0.15) is 0 Å². The monoisotopic (exact) mass is 401 g/mol. The highest BCUT2D eigenvalue weighted by atomic mass is 35.5. The summed E-state index contributed by atoms with van der Waals surface area (Å²) in [6.07, 6.45) is 0. The fourth-order valence-electron chi connectivity index (χ4n) is 2.60. The Labute approximate surface area is 167 Å². The van der Waals surface area contributed by atoms with Gasteiger partial charge in [0.25, 0.3) is 5.91 Å². The minimum absolute atomic E-state index is 0.0149. The van der Waals surface area contributed by atoms with E-state index in [9.17, 15) is 4.79 Å². The van der Waals surface area contributed by atoms with Crippen molar-refractivity contribution in [1.29, 1.82) is 0 Å². The summed E-state index contributed by atoms with van der Waals surface area (Å²) >= 11 is 6.14. The number of rotatable bonds is 6. The summed E-state index contributed by atoms with van der Waals surface area (Å²) in [4.78, 5) is 12.6. The molecule has 0 radical (unpaired) electrons. The molecule has 1 heterocycles. The standard InChI is InChI=1S/C19H20ClN5O3/c1-11-4-6-12(7-5-11)10-25-18(21)17(23-24-25)19(26)22-14-8-13(20)15(27-2)9-16(14)28-3/h4-9H,10,21H2,1-3H3,(H,22,26). The summed E-state index contributed by atoms with van der Waals surface area (Å²) in [5, 5.41) is 10.9. The van der Waals surface area contributed by atoms with Gasteiger partial charge in [-0.05, 0) is 18.6 Å². The number of nitrogens with one attached hydrogen (secondary N) is 1. The number of nitrogen functional groups attached to an aromatic ring is 1. The topological polar surface area (TPSA) is 104 Å². The molecule has 3 N–H and O–H groups in total. The molecule has 146 valence electrons. The van der Waals surface area contributed by atoms with Gasteiger partial charge in [-0.1, -0.05) is 46.6 Å². The summed E-state index contributed by atoms with van der Waals surface area (Å²) in [6, 6.07) is 11.0. The van der Waals surface area contributed by atoms with Crippen molar-refractivity contribution >= 4 is 29.0 Å². The van der Waals surface area contributed by atoms with Crippen molar-refractivity contribution in [3.8, 4) is 11.5 Å². The number of aromatic nitrogens is 3. The van der Waals surface area contributed by atoms with Crippen molar-refractivity contribution in [2.75, 3.05) is 25.3 Å². The lowest BCUT2D eigenvalue weighted by Gasteiger charge is -2.12. The zero-order valence-corrected chi connectivity index (χ0v) is 16.4. The van der Waals surface area contributed by atoms with Crippen LogP contribution in [0.1, 0.15) is 21.6 Å². The van der Waals surface area contributed by atoms with Gasteiger partial charge in [0.05, 0.1) is 31.5 Å². The minimum atomic E-state index is -0.521. The van der Waals surface area contributed by atoms with Gasteiger partial charge in [-0.3, -0.25) is 4.79 Å². The molecule has 9 heteroatoms. The Hall–Kier alpha value is -3.26. The first-order valence-corrected chi connectivity index (χ1v) is 8.78. The number of amides is 1. The molecule has 28 heavy (non-hydrogen) atoms. The molecular weight excluding hydrogens is 382 g/mol. The lowest BCUT2D eigenvalue weighted by molar-refractivity contribution is 0.102. The van der Waals surface area contributed by atoms with Gasteiger partial charge in [-0.15, -0.1) is 5.10 Å². The van der Waals surface area contributed by atoms with Crippen LogP contribution in [-0.2, 0) is 6.54 Å². The highest BCUT2D eigenvalue weighted by Gasteiger charge is 2.20. The first kappa shape index (κ1) is 19.5. The van der Waals surface area contributed by atoms with E-state index in [1.54, 1.807) is 6.07 Å². The lowest BCUT2D eigenvalue weighted by atomic mass is 10.1. The number of nitrogens with zero attached hydrogens (tertiary/aromatic N) is 3. The Kier molecular flexibility index (Phi) is 5.70. The molecule has 3 rings (SSSR count). The van der Waals surface area contributed by atoms with E-state index in [0.717, 1.165) is 11.1 Å². The quantitative estimate of drug-likeness (QED) is 0.657. The van der Waals surface area contributed by atoms with E-state index in [2.05, 4.69) is 15.6 Å². The van der Waals surface area contributed by atoms with Gasteiger partial charge in [0.2, 0.25) is 0 Å². The van der Waals surface area contributed by atoms with Crippen molar-refractivity contribution in [3.63, 3.8) is 0 Å². The molecule has 3 aromatic rings. The van der Waals surface area contributed by atoms with Crippen LogP contribution in [0.3, 0.4) is 0 Å². The highest BCUT2D eigenvalue weighted by Crippen LogP contribution is 2.36. The molecule has 0 spiro atoms. The average molecular weight is 402 g/mol. The molecule has 0 saturated carbocycles. The van der Waals surface area contributed by atoms with Crippen LogP contribution in [0.2, 0.25) is 5.02 Å². The predicted octanol–water partition coefficient (Wildman–Crippen LogP) is 3.14. The number of aryl methyl sites for hydroxylation is 1. The van der Waals surface area contributed by atoms with Gasteiger partial charge in [-0.25, -0.2) is 4.68 Å². The normalized spacial score (nSPS) is 10.6. The third kappa shape index (κ3) is 4.01. The smallest absolute Gasteiger partial charge is 0.280 e. The minimum Gasteiger partial charge on any atom is -0.495 e. The van der Waals surface area contributed by atoms with Crippen LogP contribution < -0.4 is 20.5 Å². The molecule has 0 aliphatic rings. The Morgan fingerprint density at radius 1 is 1.18 bits per heavy atom. The van der Waals surface area contributed by atoms with E-state index in [1.165, 1.54) is 25.0 Å². The molecular formula is C19H20ClN5O3. The molecule has 0 unspecified atom stereocenters. The number of carbonyl (C=O) groups excluding carboxylic acids is 1. The number of nitrogens with two attached hydrogens (primary N) is 1. The van der Waals surface area contributed by atoms with Crippen LogP contribution >= 0.6 is 11.6 Å². The second-order valence-corrected chi connectivity index (χ2v) is 6.51. The number of anilines is 2. The number of benzene rings is 2. The SMILES string of the molecule is COc1cc(OC)c(NC(=O)c2nnn(Cc3ccc(C)cc3)c2N)cc1Cl. The summed E-state index contributed by atoms with van der Waals surface area (Å²) in [7, 11) is 2.97. The van der Waals surface area contributed by atoms with E-state index < -0.39 is 5.91 Å². The maximum absolute atomic E-state index is 12.6. The summed E-state index contributed by atoms with van der Waals surface area (Å²) < 4.78 is 11.9. The van der Waals surface area contributed by atoms with E-state index in [0.29, 0.717) is 28.8 Å². The number of hydrogen-bond donors (Lipinski definition) is 2. The average Bonchev–Trinajstić information content (AvgIpc) is 3.04. The Morgan fingerprint density at radius 3 is 2.50 bits per heavy atom. The van der Waals surface area contributed by atoms with Gasteiger partial charge in [0.1, 0.15) is 11.5 Å². The number of ether oxygens (including phenoxy) is 2. The largest absolute Gasteiger partial charge is 0.495 e. The number of carbonyl (C=O) groups is 1. The van der Waals surface area contributed by atoms with Gasteiger partial charge >= 0.3 is 0 Å². The molecule has 8 nitrogen and oxygen atoms in total. The molecule has 0 fully saturated rings. The maximum Gasteiger partial charge on any atom is 0.280 e. The van der Waals surface area contributed by atoms with Crippen LogP contribution in [-0.4, -0.2) is 35.1 Å². The summed E-state index contributed by atoms with van der Waals surface area (Å²) in [5.41, 5.74) is 8.62. The molecule has 0 aliphatic heterocycles. The first-order chi connectivity index (χ1) is 13.4. The zero-order chi connectivity index (χ0) is 20.3. The molecule has 0 aliphatic carbocycles. The second kappa shape index (κ2) is 8.18. The Bertz CT molecular complexity index is 1000. The highest BCUT2D eigenvalue weighted by molar-refractivity contribution is 6.32. The van der Waals surface area contributed by atoms with Crippen molar-refractivity contribution in [3.05, 3.63) is 58.2 Å². The van der Waals surface area contributed by atoms with Crippen molar-refractivity contribution < 1.29 is 14.3 Å². The fourth-order valence-corrected chi connectivity index (χ4v) is 2.85. The number of methoxy groups -OCH3 is 2. The second-order valence-electron chi connectivity index (χ2n) is 6.11. The van der Waals surface area contributed by atoms with Gasteiger partial charge in [0, 0.05) is 6.07 Å². The molecule has 1 amide bonds. The molecule has 0 atom stereocenters. The first-order valence-electron chi connectivity index (χ1n) is 8.40. The Balaban J connectivity index is 1.81. The van der Waals surface area contributed by atoms with Crippen molar-refractivity contribution in [2.45, 2.75) is 13.5 Å². The van der Waals surface area contributed by atoms with E-state index >= 15 is 0 Å². The maximum atomic E-state index is 12.6. The Morgan fingerprint density at radius 2 is 1.86 bits per heavy atom. The van der Waals surface area contributed by atoms with Crippen LogP contribution in [0.4, 0.5) is 11.5 Å². The third-order valence-corrected chi connectivity index (χ3v) is 4.46. The third-order valence-electron chi connectivity index (χ3n) is 4.16. The molecule has 2 aromatic carbocycles. The lowest BCUT2D eigenvalue weighted by Crippen LogP contribution is -2.16. The van der Waals surface area contributed by atoms with E-state index in [4.69, 9.17) is 26.8 Å². The van der Waals surface area contributed by atoms with Crippen LogP contribution in [0.15, 0.2) is 36.4 Å². The summed E-state index contributed by atoms with van der Waals surface area (Å²) in [6.45, 7) is 2.42. The predicted molar refractivity (Wildman–Crippen MR) is 107 cm³/mol. The van der Waals surface area contributed by atoms with Crippen LogP contribution in [0.25, 0.3) is 0 Å². The van der Waals surface area contributed by atoms with Crippen molar-refractivity contribution in [1.82, 2.24) is 15.0 Å². The van der Waals surface area contributed by atoms with Gasteiger partial charge < -0.3 is 20.5 Å². The number of halogens is 1. The van der Waals surface area contributed by atoms with Gasteiger partial charge in [0.15, 0.2) is 11.5 Å². The van der Waals surface area contributed by atoms with Crippen molar-refractivity contribution in [2.24, 2.45) is 0 Å². The van der Waals surface area contributed by atoms with Crippen LogP contribution in [0.5, 0.6) is 11.5 Å².